The number of halogens is 3. The molecule has 0 aromatic carbocycles. The Bertz CT molecular complexity index is 185. The molecule has 0 bridgehead atoms. The van der Waals surface area contributed by atoms with E-state index >= 15 is 0 Å². The number of unbranched alkanes of at least 4 members (excludes halogenated alkanes) is 2. The summed E-state index contributed by atoms with van der Waals surface area (Å²) in [6.07, 6.45) is 4.27. The van der Waals surface area contributed by atoms with E-state index in [0.717, 1.165) is 25.7 Å². The summed E-state index contributed by atoms with van der Waals surface area (Å²) in [7, 11) is 0. The molecular formula is C10H15BrF2. The predicted molar refractivity (Wildman–Crippen MR) is 55.0 cm³/mol. The summed E-state index contributed by atoms with van der Waals surface area (Å²) in [6.45, 7) is 3.99. The third-order valence-electron chi connectivity index (χ3n) is 1.70. The van der Waals surface area contributed by atoms with E-state index in [9.17, 15) is 8.78 Å². The Labute approximate surface area is 87.2 Å². The van der Waals surface area contributed by atoms with Crippen molar-refractivity contribution in [2.45, 2.75) is 44.4 Å². The molecular weight excluding hydrogens is 238 g/mol. The van der Waals surface area contributed by atoms with Gasteiger partial charge < -0.3 is 0 Å². The zero-order valence-electron chi connectivity index (χ0n) is 8.04. The molecule has 0 amide bonds. The van der Waals surface area contributed by atoms with Crippen molar-refractivity contribution in [3.8, 4) is 11.8 Å². The van der Waals surface area contributed by atoms with Gasteiger partial charge in [-0.25, -0.2) is 0 Å². The van der Waals surface area contributed by atoms with Crippen LogP contribution in [0.4, 0.5) is 8.78 Å². The molecule has 0 rings (SSSR count). The maximum Gasteiger partial charge on any atom is 0.363 e. The average molecular weight is 253 g/mol. The lowest BCUT2D eigenvalue weighted by molar-refractivity contribution is 0.182. The quantitative estimate of drug-likeness (QED) is 0.400. The van der Waals surface area contributed by atoms with Crippen molar-refractivity contribution >= 4 is 15.9 Å². The van der Waals surface area contributed by atoms with E-state index in [0.29, 0.717) is 0 Å². The molecule has 0 radical (unpaired) electrons. The largest absolute Gasteiger partial charge is 0.363 e. The third-order valence-corrected chi connectivity index (χ3v) is 1.90. The fourth-order valence-corrected chi connectivity index (χ4v) is 1.09. The maximum absolute atomic E-state index is 12.2. The van der Waals surface area contributed by atoms with Gasteiger partial charge in [-0.15, -0.1) is 0 Å². The fraction of sp³-hybridized carbons (Fsp3) is 0.800. The van der Waals surface area contributed by atoms with Crippen molar-refractivity contribution in [1.82, 2.24) is 0 Å². The van der Waals surface area contributed by atoms with Gasteiger partial charge in [0.1, 0.15) is 0 Å². The summed E-state index contributed by atoms with van der Waals surface area (Å²) in [6, 6.07) is 0. The molecule has 0 aliphatic carbocycles. The third kappa shape index (κ3) is 9.82. The molecule has 3 heteroatoms. The van der Waals surface area contributed by atoms with E-state index in [-0.39, 0.29) is 5.92 Å². The van der Waals surface area contributed by atoms with Gasteiger partial charge in [-0.1, -0.05) is 39.0 Å². The van der Waals surface area contributed by atoms with Crippen LogP contribution in [0.5, 0.6) is 0 Å². The highest BCUT2D eigenvalue weighted by molar-refractivity contribution is 9.10. The van der Waals surface area contributed by atoms with E-state index in [4.69, 9.17) is 0 Å². The van der Waals surface area contributed by atoms with Crippen LogP contribution in [-0.2, 0) is 0 Å². The van der Waals surface area contributed by atoms with Crippen LogP contribution < -0.4 is 0 Å². The minimum Gasteiger partial charge on any atom is -0.180 e. The molecule has 0 aliphatic heterocycles. The minimum absolute atomic E-state index is 0.0648. The van der Waals surface area contributed by atoms with Crippen molar-refractivity contribution in [1.29, 1.82) is 0 Å². The monoisotopic (exact) mass is 252 g/mol. The van der Waals surface area contributed by atoms with Gasteiger partial charge in [0.15, 0.2) is 0 Å². The van der Waals surface area contributed by atoms with E-state index < -0.39 is 4.83 Å². The normalized spacial score (nSPS) is 13.3. The molecule has 0 aliphatic rings. The topological polar surface area (TPSA) is 0 Å². The van der Waals surface area contributed by atoms with Gasteiger partial charge in [-0.3, -0.25) is 0 Å². The summed E-state index contributed by atoms with van der Waals surface area (Å²) >= 11 is 2.18. The molecule has 1 unspecified atom stereocenters. The highest BCUT2D eigenvalue weighted by Gasteiger charge is 2.19. The first-order valence-corrected chi connectivity index (χ1v) is 5.34. The minimum atomic E-state index is -3.02. The van der Waals surface area contributed by atoms with Crippen LogP contribution in [0.1, 0.15) is 39.5 Å². The van der Waals surface area contributed by atoms with Crippen molar-refractivity contribution in [3.63, 3.8) is 0 Å². The average Bonchev–Trinajstić information content (AvgIpc) is 2.00. The molecule has 0 saturated carbocycles. The zero-order chi connectivity index (χ0) is 10.3. The summed E-state index contributed by atoms with van der Waals surface area (Å²) in [5, 5.41) is 0. The first-order valence-electron chi connectivity index (χ1n) is 4.55. The number of rotatable bonds is 4. The fourth-order valence-electron chi connectivity index (χ4n) is 0.978. The van der Waals surface area contributed by atoms with Crippen LogP contribution in [0, 0.1) is 17.8 Å². The van der Waals surface area contributed by atoms with Crippen LogP contribution in [0.2, 0.25) is 0 Å². The maximum atomic E-state index is 12.2. The van der Waals surface area contributed by atoms with Gasteiger partial charge in [0, 0.05) is 21.8 Å². The Morgan fingerprint density at radius 2 is 2.00 bits per heavy atom. The molecule has 0 heterocycles. The second-order valence-electron chi connectivity index (χ2n) is 3.16. The summed E-state index contributed by atoms with van der Waals surface area (Å²) < 4.78 is 24.4. The molecule has 76 valence electrons. The summed E-state index contributed by atoms with van der Waals surface area (Å²) in [5.74, 6) is 4.48. The van der Waals surface area contributed by atoms with Crippen LogP contribution >= 0.6 is 15.9 Å². The second-order valence-corrected chi connectivity index (χ2v) is 4.16. The van der Waals surface area contributed by atoms with Gasteiger partial charge in [0.2, 0.25) is 0 Å². The van der Waals surface area contributed by atoms with Crippen LogP contribution in [0.3, 0.4) is 0 Å². The summed E-state index contributed by atoms with van der Waals surface area (Å²) in [4.78, 5) is -3.02. The first kappa shape index (κ1) is 12.9. The first-order chi connectivity index (χ1) is 5.95. The molecule has 0 aromatic heterocycles. The number of hydrogen-bond donors (Lipinski definition) is 0. The lowest BCUT2D eigenvalue weighted by Gasteiger charge is -2.02. The van der Waals surface area contributed by atoms with Crippen molar-refractivity contribution in [2.24, 2.45) is 5.92 Å². The highest BCUT2D eigenvalue weighted by Crippen LogP contribution is 2.20. The van der Waals surface area contributed by atoms with E-state index in [1.54, 1.807) is 0 Å². The zero-order valence-corrected chi connectivity index (χ0v) is 9.63. The molecule has 0 nitrogen and oxygen atoms in total. The number of hydrogen-bond acceptors (Lipinski definition) is 0. The second kappa shape index (κ2) is 6.37. The van der Waals surface area contributed by atoms with Gasteiger partial charge in [-0.2, -0.15) is 8.78 Å². The Kier molecular flexibility index (Phi) is 6.32. The molecule has 0 aromatic rings. The molecule has 1 atom stereocenters. The van der Waals surface area contributed by atoms with Crippen LogP contribution in [-0.4, -0.2) is 4.83 Å². The van der Waals surface area contributed by atoms with Gasteiger partial charge in [0.05, 0.1) is 0 Å². The van der Waals surface area contributed by atoms with E-state index in [2.05, 4.69) is 28.8 Å². The van der Waals surface area contributed by atoms with E-state index in [1.807, 2.05) is 12.8 Å². The molecule has 13 heavy (non-hydrogen) atoms. The SMILES string of the molecule is CCCCCC(C)C#CC(F)(F)Br. The van der Waals surface area contributed by atoms with Crippen molar-refractivity contribution in [3.05, 3.63) is 0 Å². The van der Waals surface area contributed by atoms with E-state index in [1.165, 1.54) is 0 Å². The van der Waals surface area contributed by atoms with Crippen molar-refractivity contribution < 1.29 is 8.78 Å². The Morgan fingerprint density at radius 3 is 2.46 bits per heavy atom. The Balaban J connectivity index is 3.71. The molecule has 0 saturated heterocycles. The lowest BCUT2D eigenvalue weighted by Crippen LogP contribution is -2.00. The lowest BCUT2D eigenvalue weighted by atomic mass is 10.0. The van der Waals surface area contributed by atoms with Gasteiger partial charge >= 0.3 is 4.83 Å². The molecule has 0 spiro atoms. The summed E-state index contributed by atoms with van der Waals surface area (Å²) in [5.41, 5.74) is 0. The number of alkyl halides is 3. The Hall–Kier alpha value is -0.100. The smallest absolute Gasteiger partial charge is 0.180 e. The van der Waals surface area contributed by atoms with Crippen LogP contribution in [0.15, 0.2) is 0 Å². The van der Waals surface area contributed by atoms with Gasteiger partial charge in [-0.05, 0) is 12.3 Å². The predicted octanol–water partition coefficient (Wildman–Crippen LogP) is 4.19. The highest BCUT2D eigenvalue weighted by atomic mass is 79.9. The molecule has 0 fully saturated rings. The van der Waals surface area contributed by atoms with Gasteiger partial charge in [0.25, 0.3) is 0 Å². The molecule has 0 N–H and O–H groups in total. The van der Waals surface area contributed by atoms with Crippen molar-refractivity contribution in [2.75, 3.05) is 0 Å². The standard InChI is InChI=1S/C10H15BrF2/c1-3-4-5-6-9(2)7-8-10(11,12)13/h9H,3-6H2,1-2H3. The Morgan fingerprint density at radius 1 is 1.38 bits per heavy atom. The van der Waals surface area contributed by atoms with Crippen LogP contribution in [0.25, 0.3) is 0 Å².